The van der Waals surface area contributed by atoms with E-state index in [4.69, 9.17) is 15.9 Å². The minimum atomic E-state index is 0.0168. The number of ketones is 1. The van der Waals surface area contributed by atoms with Crippen LogP contribution in [-0.2, 0) is 0 Å². The first kappa shape index (κ1) is 14.6. The number of nitrogens with two attached hydrogens (primary N) is 1. The van der Waals surface area contributed by atoms with Gasteiger partial charge in [0, 0.05) is 37.3 Å². The summed E-state index contributed by atoms with van der Waals surface area (Å²) in [6.45, 7) is 1.49. The minimum Gasteiger partial charge on any atom is -0.399 e. The Balaban J connectivity index is 2.49. The topological polar surface area (TPSA) is 86.8 Å². The van der Waals surface area contributed by atoms with Crippen LogP contribution in [0.4, 0.5) is 5.69 Å². The van der Waals surface area contributed by atoms with Crippen molar-refractivity contribution in [1.29, 1.82) is 0 Å². The largest absolute Gasteiger partial charge is 0.399 e. The van der Waals surface area contributed by atoms with Crippen LogP contribution in [0.25, 0.3) is 0 Å². The fourth-order valence-electron chi connectivity index (χ4n) is 1.73. The minimum absolute atomic E-state index is 0.0168. The normalized spacial score (nSPS) is 10.8. The standard InChI is InChI=1S/C13H20N2O3/c14-12-3-1-2-11(10-12)13(18)4-5-15(6-8-16)7-9-17/h1-3,10,16-17H,4-9,14H2. The van der Waals surface area contributed by atoms with E-state index in [2.05, 4.69) is 0 Å². The molecule has 1 rings (SSSR count). The summed E-state index contributed by atoms with van der Waals surface area (Å²) in [5, 5.41) is 17.7. The summed E-state index contributed by atoms with van der Waals surface area (Å²) >= 11 is 0. The molecule has 0 saturated carbocycles. The van der Waals surface area contributed by atoms with Crippen LogP contribution in [0, 0.1) is 0 Å². The quantitative estimate of drug-likeness (QED) is 0.452. The van der Waals surface area contributed by atoms with Crippen LogP contribution < -0.4 is 5.73 Å². The van der Waals surface area contributed by atoms with Crippen LogP contribution >= 0.6 is 0 Å². The summed E-state index contributed by atoms with van der Waals surface area (Å²) in [5.41, 5.74) is 6.79. The van der Waals surface area contributed by atoms with Gasteiger partial charge in [-0.1, -0.05) is 12.1 Å². The maximum absolute atomic E-state index is 11.9. The summed E-state index contributed by atoms with van der Waals surface area (Å²) in [7, 11) is 0. The Bertz CT molecular complexity index is 376. The van der Waals surface area contributed by atoms with Crippen molar-refractivity contribution in [1.82, 2.24) is 4.90 Å². The number of hydrogen-bond acceptors (Lipinski definition) is 5. The number of benzene rings is 1. The Hall–Kier alpha value is -1.43. The lowest BCUT2D eigenvalue weighted by Crippen LogP contribution is -2.31. The smallest absolute Gasteiger partial charge is 0.164 e. The van der Waals surface area contributed by atoms with Crippen LogP contribution in [-0.4, -0.2) is 53.7 Å². The molecule has 100 valence electrons. The molecule has 0 aliphatic heterocycles. The molecule has 0 fully saturated rings. The summed E-state index contributed by atoms with van der Waals surface area (Å²) in [6.07, 6.45) is 0.351. The number of Topliss-reactive ketones (excluding diaryl/α,β-unsaturated/α-hetero) is 1. The lowest BCUT2D eigenvalue weighted by Gasteiger charge is -2.19. The molecule has 0 amide bonds. The average Bonchev–Trinajstić information content (AvgIpc) is 2.36. The lowest BCUT2D eigenvalue weighted by molar-refractivity contribution is 0.0947. The second-order valence-electron chi connectivity index (χ2n) is 4.09. The fraction of sp³-hybridized carbons (Fsp3) is 0.462. The highest BCUT2D eigenvalue weighted by Gasteiger charge is 2.09. The highest BCUT2D eigenvalue weighted by atomic mass is 16.3. The molecule has 4 N–H and O–H groups in total. The SMILES string of the molecule is Nc1cccc(C(=O)CCN(CCO)CCO)c1. The van der Waals surface area contributed by atoms with Crippen LogP contribution in [0.15, 0.2) is 24.3 Å². The number of aliphatic hydroxyl groups excluding tert-OH is 2. The van der Waals surface area contributed by atoms with Gasteiger partial charge in [0.2, 0.25) is 0 Å². The van der Waals surface area contributed by atoms with Crippen molar-refractivity contribution >= 4 is 11.5 Å². The van der Waals surface area contributed by atoms with Crippen molar-refractivity contribution < 1.29 is 15.0 Å². The van der Waals surface area contributed by atoms with Crippen LogP contribution in [0.5, 0.6) is 0 Å². The zero-order chi connectivity index (χ0) is 13.4. The second-order valence-corrected chi connectivity index (χ2v) is 4.09. The zero-order valence-electron chi connectivity index (χ0n) is 10.4. The van der Waals surface area contributed by atoms with Gasteiger partial charge >= 0.3 is 0 Å². The van der Waals surface area contributed by atoms with Gasteiger partial charge < -0.3 is 15.9 Å². The summed E-state index contributed by atoms with van der Waals surface area (Å²) in [4.78, 5) is 13.8. The number of nitrogens with zero attached hydrogens (tertiary/aromatic N) is 1. The Morgan fingerprint density at radius 1 is 1.17 bits per heavy atom. The van der Waals surface area contributed by atoms with Crippen molar-refractivity contribution in [3.63, 3.8) is 0 Å². The number of hydrogen-bond donors (Lipinski definition) is 3. The van der Waals surface area contributed by atoms with Gasteiger partial charge in [0.1, 0.15) is 0 Å². The van der Waals surface area contributed by atoms with Gasteiger partial charge in [-0.05, 0) is 12.1 Å². The summed E-state index contributed by atoms with van der Waals surface area (Å²) in [6, 6.07) is 6.88. The molecule has 0 aromatic heterocycles. The average molecular weight is 252 g/mol. The first-order valence-electron chi connectivity index (χ1n) is 6.00. The zero-order valence-corrected chi connectivity index (χ0v) is 10.4. The molecule has 0 aliphatic rings. The van der Waals surface area contributed by atoms with Crippen molar-refractivity contribution in [2.45, 2.75) is 6.42 Å². The highest BCUT2D eigenvalue weighted by molar-refractivity contribution is 5.96. The molecule has 18 heavy (non-hydrogen) atoms. The van der Waals surface area contributed by atoms with E-state index in [0.29, 0.717) is 37.3 Å². The highest BCUT2D eigenvalue weighted by Crippen LogP contribution is 2.09. The Kier molecular flexibility index (Phi) is 6.35. The molecule has 0 unspecified atom stereocenters. The Labute approximate surface area is 107 Å². The van der Waals surface area contributed by atoms with E-state index in [9.17, 15) is 4.79 Å². The van der Waals surface area contributed by atoms with Gasteiger partial charge in [0.15, 0.2) is 5.78 Å². The summed E-state index contributed by atoms with van der Waals surface area (Å²) in [5.74, 6) is 0.0168. The van der Waals surface area contributed by atoms with Gasteiger partial charge in [0.25, 0.3) is 0 Å². The third-order valence-corrected chi connectivity index (χ3v) is 2.70. The van der Waals surface area contributed by atoms with E-state index in [-0.39, 0.29) is 19.0 Å². The molecule has 0 aliphatic carbocycles. The molecule has 0 saturated heterocycles. The van der Waals surface area contributed by atoms with Gasteiger partial charge in [-0.15, -0.1) is 0 Å². The van der Waals surface area contributed by atoms with E-state index in [1.54, 1.807) is 24.3 Å². The van der Waals surface area contributed by atoms with Gasteiger partial charge in [-0.2, -0.15) is 0 Å². The maximum Gasteiger partial charge on any atom is 0.164 e. The lowest BCUT2D eigenvalue weighted by atomic mass is 10.1. The molecule has 0 heterocycles. The Morgan fingerprint density at radius 3 is 2.39 bits per heavy atom. The summed E-state index contributed by atoms with van der Waals surface area (Å²) < 4.78 is 0. The van der Waals surface area contributed by atoms with E-state index in [0.717, 1.165) is 0 Å². The predicted molar refractivity (Wildman–Crippen MR) is 70.4 cm³/mol. The van der Waals surface area contributed by atoms with Gasteiger partial charge in [-0.25, -0.2) is 0 Å². The third kappa shape index (κ3) is 4.83. The molecule has 0 radical (unpaired) electrons. The van der Waals surface area contributed by atoms with Crippen molar-refractivity contribution in [2.75, 3.05) is 38.6 Å². The number of carbonyl (C=O) groups is 1. The number of rotatable bonds is 8. The van der Waals surface area contributed by atoms with Gasteiger partial charge in [0.05, 0.1) is 13.2 Å². The predicted octanol–water partition coefficient (Wildman–Crippen LogP) is 0.128. The van der Waals surface area contributed by atoms with E-state index in [1.165, 1.54) is 0 Å². The molecule has 1 aromatic carbocycles. The maximum atomic E-state index is 11.9. The second kappa shape index (κ2) is 7.81. The first-order chi connectivity index (χ1) is 8.67. The third-order valence-electron chi connectivity index (χ3n) is 2.70. The number of aliphatic hydroxyl groups is 2. The van der Waals surface area contributed by atoms with Crippen molar-refractivity contribution in [3.05, 3.63) is 29.8 Å². The Morgan fingerprint density at radius 2 is 1.83 bits per heavy atom. The van der Waals surface area contributed by atoms with E-state index >= 15 is 0 Å². The van der Waals surface area contributed by atoms with Crippen molar-refractivity contribution in [3.8, 4) is 0 Å². The molecule has 0 bridgehead atoms. The monoisotopic (exact) mass is 252 g/mol. The van der Waals surface area contributed by atoms with E-state index in [1.807, 2.05) is 4.90 Å². The molecule has 0 spiro atoms. The fourth-order valence-corrected chi connectivity index (χ4v) is 1.73. The van der Waals surface area contributed by atoms with Crippen molar-refractivity contribution in [2.24, 2.45) is 0 Å². The molecule has 0 atom stereocenters. The van der Waals surface area contributed by atoms with Crippen LogP contribution in [0.2, 0.25) is 0 Å². The van der Waals surface area contributed by atoms with Gasteiger partial charge in [-0.3, -0.25) is 9.69 Å². The molecular formula is C13H20N2O3. The van der Waals surface area contributed by atoms with E-state index < -0.39 is 0 Å². The molecule has 5 heteroatoms. The number of anilines is 1. The molecule has 1 aromatic rings. The number of nitrogen functional groups attached to an aromatic ring is 1. The number of carbonyl (C=O) groups excluding carboxylic acids is 1. The van der Waals surface area contributed by atoms with Crippen LogP contribution in [0.3, 0.4) is 0 Å². The van der Waals surface area contributed by atoms with Crippen LogP contribution in [0.1, 0.15) is 16.8 Å². The molecular weight excluding hydrogens is 232 g/mol. The molecule has 5 nitrogen and oxygen atoms in total. The first-order valence-corrected chi connectivity index (χ1v) is 6.00.